The lowest BCUT2D eigenvalue weighted by Gasteiger charge is -2.19. The van der Waals surface area contributed by atoms with Gasteiger partial charge in [-0.25, -0.2) is 15.1 Å². The van der Waals surface area contributed by atoms with Gasteiger partial charge in [-0.3, -0.25) is 4.84 Å². The molecule has 6 heteroatoms. The van der Waals surface area contributed by atoms with Crippen LogP contribution in [0.2, 0.25) is 0 Å². The molecule has 0 unspecified atom stereocenters. The highest BCUT2D eigenvalue weighted by molar-refractivity contribution is 5.73. The van der Waals surface area contributed by atoms with E-state index in [1.807, 2.05) is 12.4 Å². The Morgan fingerprint density at radius 3 is 2.73 bits per heavy atom. The SMILES string of the molecule is C=CCN(CCC)C(=O)NOCC(=O)O. The van der Waals surface area contributed by atoms with Crippen LogP contribution in [0.4, 0.5) is 4.79 Å². The van der Waals surface area contributed by atoms with Crippen LogP contribution in [0.1, 0.15) is 13.3 Å². The van der Waals surface area contributed by atoms with Crippen molar-refractivity contribution in [3.8, 4) is 0 Å². The molecule has 0 aliphatic carbocycles. The molecule has 2 amide bonds. The van der Waals surface area contributed by atoms with Gasteiger partial charge in [-0.15, -0.1) is 6.58 Å². The molecule has 0 aliphatic heterocycles. The minimum absolute atomic E-state index is 0.399. The molecule has 2 N–H and O–H groups in total. The van der Waals surface area contributed by atoms with Gasteiger partial charge in [-0.05, 0) is 6.42 Å². The molecule has 0 rings (SSSR count). The van der Waals surface area contributed by atoms with Crippen molar-refractivity contribution in [2.24, 2.45) is 0 Å². The van der Waals surface area contributed by atoms with Gasteiger partial charge in [0, 0.05) is 13.1 Å². The second kappa shape index (κ2) is 7.81. The summed E-state index contributed by atoms with van der Waals surface area (Å²) in [7, 11) is 0. The Balaban J connectivity index is 3.90. The molecule has 0 heterocycles. The van der Waals surface area contributed by atoms with E-state index in [0.29, 0.717) is 13.1 Å². The topological polar surface area (TPSA) is 78.9 Å². The van der Waals surface area contributed by atoms with Crippen molar-refractivity contribution in [1.29, 1.82) is 0 Å². The quantitative estimate of drug-likeness (QED) is 0.482. The molecule has 0 bridgehead atoms. The van der Waals surface area contributed by atoms with E-state index in [-0.39, 0.29) is 0 Å². The van der Waals surface area contributed by atoms with Crippen molar-refractivity contribution >= 4 is 12.0 Å². The molecule has 6 nitrogen and oxygen atoms in total. The normalized spacial score (nSPS) is 9.40. The number of rotatable bonds is 7. The third kappa shape index (κ3) is 6.50. The van der Waals surface area contributed by atoms with Crippen LogP contribution in [0.25, 0.3) is 0 Å². The van der Waals surface area contributed by atoms with E-state index < -0.39 is 18.6 Å². The molecule has 0 aromatic rings. The van der Waals surface area contributed by atoms with Crippen LogP contribution >= 0.6 is 0 Å². The maximum atomic E-state index is 11.4. The number of carboxylic acid groups (broad SMARTS) is 1. The lowest BCUT2D eigenvalue weighted by molar-refractivity contribution is -0.144. The summed E-state index contributed by atoms with van der Waals surface area (Å²) in [6.07, 6.45) is 2.40. The van der Waals surface area contributed by atoms with E-state index >= 15 is 0 Å². The highest BCUT2D eigenvalue weighted by Crippen LogP contribution is 1.92. The molecular formula is C9H16N2O4. The first-order valence-corrected chi connectivity index (χ1v) is 4.61. The Morgan fingerprint density at radius 2 is 2.27 bits per heavy atom. The van der Waals surface area contributed by atoms with E-state index in [4.69, 9.17) is 5.11 Å². The number of aliphatic carboxylic acids is 1. The summed E-state index contributed by atoms with van der Waals surface area (Å²) in [6, 6.07) is -0.460. The summed E-state index contributed by atoms with van der Waals surface area (Å²) in [5.41, 5.74) is 2.04. The number of nitrogens with one attached hydrogen (secondary N) is 1. The van der Waals surface area contributed by atoms with E-state index in [0.717, 1.165) is 6.42 Å². The van der Waals surface area contributed by atoms with Crippen molar-refractivity contribution in [3.05, 3.63) is 12.7 Å². The molecule has 0 saturated heterocycles. The van der Waals surface area contributed by atoms with Crippen molar-refractivity contribution in [3.63, 3.8) is 0 Å². The van der Waals surface area contributed by atoms with Crippen LogP contribution in [0.5, 0.6) is 0 Å². The number of hydrogen-bond donors (Lipinski definition) is 2. The monoisotopic (exact) mass is 216 g/mol. The summed E-state index contributed by atoms with van der Waals surface area (Å²) in [4.78, 5) is 27.4. The Morgan fingerprint density at radius 1 is 1.60 bits per heavy atom. The van der Waals surface area contributed by atoms with Crippen LogP contribution in [0.15, 0.2) is 12.7 Å². The molecule has 86 valence electrons. The van der Waals surface area contributed by atoms with Crippen LogP contribution in [0, 0.1) is 0 Å². The molecular weight excluding hydrogens is 200 g/mol. The van der Waals surface area contributed by atoms with Crippen LogP contribution in [0.3, 0.4) is 0 Å². The first-order valence-electron chi connectivity index (χ1n) is 4.61. The molecule has 0 atom stereocenters. The van der Waals surface area contributed by atoms with Crippen molar-refractivity contribution in [1.82, 2.24) is 10.4 Å². The zero-order chi connectivity index (χ0) is 11.7. The van der Waals surface area contributed by atoms with Gasteiger partial charge in [0.2, 0.25) is 0 Å². The Bertz CT molecular complexity index is 230. The number of nitrogens with zero attached hydrogens (tertiary/aromatic N) is 1. The van der Waals surface area contributed by atoms with Gasteiger partial charge in [0.1, 0.15) is 0 Å². The molecule has 0 spiro atoms. The van der Waals surface area contributed by atoms with Gasteiger partial charge in [-0.2, -0.15) is 0 Å². The number of urea groups is 1. The van der Waals surface area contributed by atoms with Gasteiger partial charge in [0.05, 0.1) is 0 Å². The smallest absolute Gasteiger partial charge is 0.341 e. The Kier molecular flexibility index (Phi) is 7.00. The fraction of sp³-hybridized carbons (Fsp3) is 0.556. The highest BCUT2D eigenvalue weighted by atomic mass is 16.7. The van der Waals surface area contributed by atoms with Crippen LogP contribution in [-0.4, -0.2) is 41.7 Å². The second-order valence-electron chi connectivity index (χ2n) is 2.82. The standard InChI is InChI=1S/C9H16N2O4/c1-3-5-11(6-4-2)9(14)10-15-7-8(12)13/h3H,1,4-7H2,2H3,(H,10,14)(H,12,13). The number of hydroxylamine groups is 1. The Labute approximate surface area is 88.5 Å². The van der Waals surface area contributed by atoms with Gasteiger partial charge in [-0.1, -0.05) is 13.0 Å². The summed E-state index contributed by atoms with van der Waals surface area (Å²) in [5.74, 6) is -1.14. The summed E-state index contributed by atoms with van der Waals surface area (Å²) in [6.45, 7) is 5.86. The zero-order valence-corrected chi connectivity index (χ0v) is 8.73. The predicted molar refractivity (Wildman–Crippen MR) is 54.2 cm³/mol. The largest absolute Gasteiger partial charge is 0.479 e. The third-order valence-corrected chi connectivity index (χ3v) is 1.49. The van der Waals surface area contributed by atoms with Crippen LogP contribution in [-0.2, 0) is 9.63 Å². The fourth-order valence-electron chi connectivity index (χ4n) is 0.926. The predicted octanol–water partition coefficient (Wildman–Crippen LogP) is 0.610. The molecule has 0 aromatic heterocycles. The lowest BCUT2D eigenvalue weighted by atomic mass is 10.4. The van der Waals surface area contributed by atoms with Gasteiger partial charge in [0.25, 0.3) is 0 Å². The van der Waals surface area contributed by atoms with E-state index in [1.54, 1.807) is 6.08 Å². The molecule has 0 saturated carbocycles. The molecule has 15 heavy (non-hydrogen) atoms. The number of hydrogen-bond acceptors (Lipinski definition) is 3. The maximum Gasteiger partial charge on any atom is 0.341 e. The third-order valence-electron chi connectivity index (χ3n) is 1.49. The molecule has 0 aromatic carbocycles. The van der Waals surface area contributed by atoms with Gasteiger partial charge >= 0.3 is 12.0 Å². The number of carboxylic acids is 1. The summed E-state index contributed by atoms with van der Waals surface area (Å²) in [5, 5.41) is 8.27. The number of carbonyl (C=O) groups is 2. The summed E-state index contributed by atoms with van der Waals surface area (Å²) >= 11 is 0. The first kappa shape index (κ1) is 13.4. The minimum Gasteiger partial charge on any atom is -0.479 e. The van der Waals surface area contributed by atoms with E-state index in [2.05, 4.69) is 11.4 Å². The lowest BCUT2D eigenvalue weighted by Crippen LogP contribution is -2.41. The summed E-state index contributed by atoms with van der Waals surface area (Å²) < 4.78 is 0. The minimum atomic E-state index is -1.14. The molecule has 0 aliphatic rings. The number of amides is 2. The Hall–Kier alpha value is -1.56. The second-order valence-corrected chi connectivity index (χ2v) is 2.82. The fourth-order valence-corrected chi connectivity index (χ4v) is 0.926. The number of carbonyl (C=O) groups excluding carboxylic acids is 1. The van der Waals surface area contributed by atoms with Crippen molar-refractivity contribution < 1.29 is 19.5 Å². The average Bonchev–Trinajstić information content (AvgIpc) is 2.16. The average molecular weight is 216 g/mol. The molecule has 0 radical (unpaired) electrons. The highest BCUT2D eigenvalue weighted by Gasteiger charge is 2.10. The van der Waals surface area contributed by atoms with E-state index in [1.165, 1.54) is 4.90 Å². The van der Waals surface area contributed by atoms with Crippen LogP contribution < -0.4 is 5.48 Å². The van der Waals surface area contributed by atoms with Crippen molar-refractivity contribution in [2.45, 2.75) is 13.3 Å². The van der Waals surface area contributed by atoms with Gasteiger partial charge in [0.15, 0.2) is 6.61 Å². The zero-order valence-electron chi connectivity index (χ0n) is 8.73. The van der Waals surface area contributed by atoms with E-state index in [9.17, 15) is 9.59 Å². The molecule has 0 fully saturated rings. The first-order chi connectivity index (χ1) is 7.11. The van der Waals surface area contributed by atoms with Crippen molar-refractivity contribution in [2.75, 3.05) is 19.7 Å². The van der Waals surface area contributed by atoms with Gasteiger partial charge < -0.3 is 10.0 Å². The maximum absolute atomic E-state index is 11.4.